The molecule has 0 aromatic carbocycles. The highest BCUT2D eigenvalue weighted by Gasteiger charge is 2.23. The van der Waals surface area contributed by atoms with E-state index in [-0.39, 0.29) is 0 Å². The van der Waals surface area contributed by atoms with Gasteiger partial charge in [0.05, 0.1) is 12.5 Å². The zero-order chi connectivity index (χ0) is 10.6. The highest BCUT2D eigenvalue weighted by Crippen LogP contribution is 2.12. The predicted molar refractivity (Wildman–Crippen MR) is 39.0 cm³/mol. The first kappa shape index (κ1) is 15.0. The summed E-state index contributed by atoms with van der Waals surface area (Å²) in [6.07, 6.45) is 4.56. The van der Waals surface area contributed by atoms with Crippen LogP contribution in [0.3, 0.4) is 0 Å². The lowest BCUT2D eigenvalue weighted by Crippen LogP contribution is -2.68. The Labute approximate surface area is 78.3 Å². The van der Waals surface area contributed by atoms with E-state index in [9.17, 15) is 0 Å². The smallest absolute Gasteiger partial charge is 0.119 e. The molecule has 0 spiro atoms. The van der Waals surface area contributed by atoms with Gasteiger partial charge in [0.2, 0.25) is 0 Å². The molecule has 0 atom stereocenters. The average molecular weight is 219 g/mol. The minimum absolute atomic E-state index is 0.528. The first-order chi connectivity index (χ1) is 4.94. The van der Waals surface area contributed by atoms with Gasteiger partial charge in [-0.1, -0.05) is 0 Å². The van der Waals surface area contributed by atoms with E-state index in [1.165, 1.54) is 0 Å². The van der Waals surface area contributed by atoms with Crippen molar-refractivity contribution in [1.29, 1.82) is 0 Å². The third-order valence-electron chi connectivity index (χ3n) is 1.22. The summed E-state index contributed by atoms with van der Waals surface area (Å²) in [5, 5.41) is 0. The Morgan fingerprint density at radius 3 is 1.00 bits per heavy atom. The Bertz CT molecular complexity index is 110. The number of hydrogen-bond donors (Lipinski definition) is 0. The maximum Gasteiger partial charge on any atom is 0.119 e. The van der Waals surface area contributed by atoms with Crippen LogP contribution in [0.15, 0.2) is 0 Å². The van der Waals surface area contributed by atoms with Crippen LogP contribution in [0.5, 0.6) is 0 Å². The summed E-state index contributed by atoms with van der Waals surface area (Å²) in [4.78, 5) is 0. The molecule has 0 aromatic heterocycles. The molecule has 0 amide bonds. The zero-order valence-corrected chi connectivity index (χ0v) is 9.49. The lowest BCUT2D eigenvalue weighted by atomic mass is 10.3. The average Bonchev–Trinajstić information content (AvgIpc) is 1.55. The molecule has 6 heteroatoms. The molecule has 0 unspecified atom stereocenters. The Kier molecular flexibility index (Phi) is 6.57. The molecule has 0 heterocycles. The number of hydrogen-bond acceptors (Lipinski definition) is 4. The van der Waals surface area contributed by atoms with Gasteiger partial charge < -0.3 is 0 Å². The zero-order valence-electron chi connectivity index (χ0n) is 7.92. The number of rotatable bonds is 0. The molecule has 0 bridgehead atoms. The highest BCUT2D eigenvalue weighted by molar-refractivity contribution is 7.96. The molecule has 0 saturated heterocycles. The van der Waals surface area contributed by atoms with Gasteiger partial charge in [0, 0.05) is 0 Å². The third kappa shape index (κ3) is 22.4. The third-order valence-corrected chi connectivity index (χ3v) is 3.67. The topological polar surface area (TPSA) is 92.2 Å². The Balaban J connectivity index is 0. The first-order valence-electron chi connectivity index (χ1n) is 3.14. The molecule has 0 saturated carbocycles. The van der Waals surface area contributed by atoms with Gasteiger partial charge in [-0.15, -0.1) is 10.2 Å². The summed E-state index contributed by atoms with van der Waals surface area (Å²) in [5.74, 6) is 0. The molecule has 0 aliphatic carbocycles. The van der Waals surface area contributed by atoms with E-state index in [4.69, 9.17) is 18.6 Å². The van der Waals surface area contributed by atoms with Crippen LogP contribution in [0, 0.1) is 10.2 Å². The van der Waals surface area contributed by atoms with Gasteiger partial charge in [-0.25, -0.2) is 18.6 Å². The van der Waals surface area contributed by atoms with Crippen molar-refractivity contribution in [1.82, 2.24) is 0 Å². The van der Waals surface area contributed by atoms with Gasteiger partial charge in [-0.05, 0) is 31.7 Å². The predicted octanol–water partition coefficient (Wildman–Crippen LogP) is -3.09. The largest absolute Gasteiger partial charge is 0.222 e. The second kappa shape index (κ2) is 5.26. The van der Waals surface area contributed by atoms with Crippen molar-refractivity contribution in [2.75, 3.05) is 12.5 Å². The van der Waals surface area contributed by atoms with Crippen LogP contribution in [0.1, 0.15) is 20.8 Å². The quantitative estimate of drug-likeness (QED) is 0.403. The van der Waals surface area contributed by atoms with Crippen LogP contribution < -0.4 is 18.6 Å². The van der Waals surface area contributed by atoms with E-state index in [2.05, 4.69) is 33.3 Å². The van der Waals surface area contributed by atoms with Gasteiger partial charge in [0.15, 0.2) is 0 Å². The van der Waals surface area contributed by atoms with Gasteiger partial charge in [-0.2, -0.15) is 0 Å². The van der Waals surface area contributed by atoms with E-state index < -0.39 is 10.2 Å². The van der Waals surface area contributed by atoms with Crippen LogP contribution in [0.25, 0.3) is 0 Å². The van der Waals surface area contributed by atoms with Crippen LogP contribution in [-0.2, 0) is 10.9 Å². The highest BCUT2D eigenvalue weighted by atomic mass is 35.7. The second-order valence-corrected chi connectivity index (χ2v) is 6.92. The van der Waals surface area contributed by atoms with Crippen LogP contribution in [0.4, 0.5) is 0 Å². The molecule has 0 aliphatic heterocycles. The molecule has 0 aromatic rings. The summed E-state index contributed by atoms with van der Waals surface area (Å²) in [6, 6.07) is 0. The summed E-state index contributed by atoms with van der Waals surface area (Å²) in [5.41, 5.74) is 0. The van der Waals surface area contributed by atoms with Crippen molar-refractivity contribution in [3.05, 3.63) is 0 Å². The molecule has 4 nitrogen and oxygen atoms in total. The van der Waals surface area contributed by atoms with E-state index in [1.54, 1.807) is 0 Å². The normalized spacial score (nSPS) is 12.5. The fourth-order valence-electron chi connectivity index (χ4n) is 0. The maximum atomic E-state index is 8.49. The van der Waals surface area contributed by atoms with Crippen molar-refractivity contribution in [2.45, 2.75) is 25.5 Å². The fraction of sp³-hybridized carbons (Fsp3) is 1.00. The van der Waals surface area contributed by atoms with Gasteiger partial charge >= 0.3 is 0 Å². The summed E-state index contributed by atoms with van der Waals surface area (Å²) < 4.78 is 34.5. The van der Waals surface area contributed by atoms with Crippen LogP contribution in [0.2, 0.25) is 0 Å². The molecule has 76 valence electrons. The van der Waals surface area contributed by atoms with Gasteiger partial charge in [-0.3, -0.25) is 0 Å². The van der Waals surface area contributed by atoms with Crippen molar-refractivity contribution in [3.63, 3.8) is 0 Å². The molecule has 0 N–H and O–H groups in total. The Hall–Kier alpha value is 0.480. The Morgan fingerprint density at radius 1 is 0.917 bits per heavy atom. The number of halogens is 1. The molecular weight excluding hydrogens is 204 g/mol. The summed E-state index contributed by atoms with van der Waals surface area (Å²) >= 11 is 0. The van der Waals surface area contributed by atoms with Crippen LogP contribution >= 0.6 is 0 Å². The standard InChI is InChI=1S/C6H15S.ClHO4/c1-6(2,3)7(4)5;2-1(3,4)5/h1-5H3;(H,2,3,4,5)/q+1;/p-1. The molecule has 0 rings (SSSR count). The lowest BCUT2D eigenvalue weighted by molar-refractivity contribution is -2.00. The molecule has 0 radical (unpaired) electrons. The SMILES string of the molecule is C[S+](C)C(C)(C)C.[O-][Cl+3]([O-])([O-])[O-]. The summed E-state index contributed by atoms with van der Waals surface area (Å²) in [6.45, 7) is 6.82. The Morgan fingerprint density at radius 2 is 1.00 bits per heavy atom. The van der Waals surface area contributed by atoms with E-state index in [0.717, 1.165) is 0 Å². The summed E-state index contributed by atoms with van der Waals surface area (Å²) in [7, 11) is -4.38. The molecule has 0 aliphatic rings. The minimum Gasteiger partial charge on any atom is -0.222 e. The van der Waals surface area contributed by atoms with Crippen LogP contribution in [-0.4, -0.2) is 17.3 Å². The van der Waals surface area contributed by atoms with Crippen molar-refractivity contribution >= 4 is 10.9 Å². The maximum absolute atomic E-state index is 8.49. The minimum atomic E-state index is -4.94. The monoisotopic (exact) mass is 218 g/mol. The van der Waals surface area contributed by atoms with E-state index in [1.807, 2.05) is 0 Å². The van der Waals surface area contributed by atoms with Crippen molar-refractivity contribution in [2.24, 2.45) is 0 Å². The van der Waals surface area contributed by atoms with Crippen molar-refractivity contribution < 1.29 is 28.9 Å². The van der Waals surface area contributed by atoms with Gasteiger partial charge in [0.25, 0.3) is 0 Å². The van der Waals surface area contributed by atoms with Crippen molar-refractivity contribution in [3.8, 4) is 0 Å². The van der Waals surface area contributed by atoms with E-state index in [0.29, 0.717) is 15.6 Å². The fourth-order valence-corrected chi connectivity index (χ4v) is 0. The van der Waals surface area contributed by atoms with E-state index >= 15 is 0 Å². The molecular formula is C6H15ClO4S. The molecule has 0 fully saturated rings. The first-order valence-corrected chi connectivity index (χ1v) is 6.41. The van der Waals surface area contributed by atoms with Gasteiger partial charge in [0.1, 0.15) is 4.75 Å². The molecule has 12 heavy (non-hydrogen) atoms. The second-order valence-electron chi connectivity index (χ2n) is 3.31. The lowest BCUT2D eigenvalue weighted by Gasteiger charge is -2.17.